The molecule has 1 aliphatic heterocycles. The summed E-state index contributed by atoms with van der Waals surface area (Å²) in [7, 11) is 0. The molecule has 0 aliphatic carbocycles. The van der Waals surface area contributed by atoms with Gasteiger partial charge in [0, 0.05) is 11.6 Å². The summed E-state index contributed by atoms with van der Waals surface area (Å²) in [6.07, 6.45) is 1.80. The number of fused-ring (bicyclic) bond motifs is 1. The first kappa shape index (κ1) is 12.9. The highest BCUT2D eigenvalue weighted by molar-refractivity contribution is 5.92. The number of carboxylic acid groups (broad SMARTS) is 1. The Morgan fingerprint density at radius 2 is 2.15 bits per heavy atom. The molecule has 1 aliphatic rings. The van der Waals surface area contributed by atoms with Crippen molar-refractivity contribution in [1.29, 1.82) is 0 Å². The Kier molecular flexibility index (Phi) is 3.06. The zero-order valence-electron chi connectivity index (χ0n) is 11.2. The molecule has 5 heteroatoms. The summed E-state index contributed by atoms with van der Waals surface area (Å²) in [5.74, 6) is -0.00698. The SMILES string of the molecule is CC1(OCC(=O)O)CN(c2nccc3ccccc23)C1. The number of rotatable bonds is 4. The second kappa shape index (κ2) is 4.76. The minimum absolute atomic E-state index is 0.257. The summed E-state index contributed by atoms with van der Waals surface area (Å²) in [6.45, 7) is 2.98. The molecule has 1 saturated heterocycles. The van der Waals surface area contributed by atoms with Gasteiger partial charge in [-0.25, -0.2) is 9.78 Å². The quantitative estimate of drug-likeness (QED) is 0.921. The van der Waals surface area contributed by atoms with Crippen LogP contribution in [0, 0.1) is 0 Å². The predicted molar refractivity (Wildman–Crippen MR) is 75.9 cm³/mol. The van der Waals surface area contributed by atoms with Gasteiger partial charge in [0.25, 0.3) is 0 Å². The first-order valence-electron chi connectivity index (χ1n) is 6.52. The number of hydrogen-bond donors (Lipinski definition) is 1. The number of carbonyl (C=O) groups is 1. The molecule has 0 amide bonds. The van der Waals surface area contributed by atoms with E-state index in [9.17, 15) is 4.79 Å². The highest BCUT2D eigenvalue weighted by atomic mass is 16.5. The first-order chi connectivity index (χ1) is 9.57. The number of aliphatic carboxylic acids is 1. The number of carboxylic acids is 1. The number of benzene rings is 1. The molecule has 0 radical (unpaired) electrons. The van der Waals surface area contributed by atoms with Gasteiger partial charge >= 0.3 is 5.97 Å². The normalized spacial score (nSPS) is 16.9. The van der Waals surface area contributed by atoms with Crippen molar-refractivity contribution in [2.24, 2.45) is 0 Å². The maximum Gasteiger partial charge on any atom is 0.329 e. The molecule has 1 aromatic heterocycles. The Morgan fingerprint density at radius 3 is 2.90 bits per heavy atom. The number of nitrogens with zero attached hydrogens (tertiary/aromatic N) is 2. The molecule has 0 atom stereocenters. The molecule has 0 saturated carbocycles. The van der Waals surface area contributed by atoms with Crippen molar-refractivity contribution in [1.82, 2.24) is 4.98 Å². The van der Waals surface area contributed by atoms with E-state index in [1.807, 2.05) is 31.2 Å². The molecular weight excluding hydrogens is 256 g/mol. The molecule has 1 aromatic carbocycles. The van der Waals surface area contributed by atoms with Crippen molar-refractivity contribution in [3.05, 3.63) is 36.5 Å². The molecule has 0 unspecified atom stereocenters. The van der Waals surface area contributed by atoms with Crippen molar-refractivity contribution >= 4 is 22.6 Å². The molecule has 20 heavy (non-hydrogen) atoms. The van der Waals surface area contributed by atoms with Crippen LogP contribution in [0.2, 0.25) is 0 Å². The van der Waals surface area contributed by atoms with Gasteiger partial charge in [-0.05, 0) is 18.4 Å². The van der Waals surface area contributed by atoms with Crippen LogP contribution >= 0.6 is 0 Å². The van der Waals surface area contributed by atoms with E-state index in [2.05, 4.69) is 16.0 Å². The number of aromatic nitrogens is 1. The Labute approximate surface area is 116 Å². The lowest BCUT2D eigenvalue weighted by Crippen LogP contribution is -2.62. The maximum absolute atomic E-state index is 10.6. The average molecular weight is 272 g/mol. The lowest BCUT2D eigenvalue weighted by molar-refractivity contribution is -0.150. The smallest absolute Gasteiger partial charge is 0.329 e. The van der Waals surface area contributed by atoms with E-state index in [0.29, 0.717) is 13.1 Å². The third kappa shape index (κ3) is 2.32. The van der Waals surface area contributed by atoms with Crippen molar-refractivity contribution in [3.8, 4) is 0 Å². The Hall–Kier alpha value is -2.14. The predicted octanol–water partition coefficient (Wildman–Crippen LogP) is 1.91. The van der Waals surface area contributed by atoms with Crippen LogP contribution < -0.4 is 4.90 Å². The summed E-state index contributed by atoms with van der Waals surface area (Å²) >= 11 is 0. The summed E-state index contributed by atoms with van der Waals surface area (Å²) < 4.78 is 5.42. The van der Waals surface area contributed by atoms with Crippen molar-refractivity contribution in [3.63, 3.8) is 0 Å². The van der Waals surface area contributed by atoms with Gasteiger partial charge in [-0.15, -0.1) is 0 Å². The lowest BCUT2D eigenvalue weighted by Gasteiger charge is -2.48. The van der Waals surface area contributed by atoms with Crippen LogP contribution in [0.4, 0.5) is 5.82 Å². The van der Waals surface area contributed by atoms with Gasteiger partial charge in [-0.1, -0.05) is 24.3 Å². The molecule has 2 heterocycles. The standard InChI is InChI=1S/C15H16N2O3/c1-15(20-8-13(18)19)9-17(10-15)14-12-5-3-2-4-11(12)6-7-16-14/h2-7H,8-10H2,1H3,(H,18,19). The van der Waals surface area contributed by atoms with Crippen LogP contribution in [0.5, 0.6) is 0 Å². The third-order valence-electron chi connectivity index (χ3n) is 3.55. The van der Waals surface area contributed by atoms with Crippen molar-refractivity contribution in [2.75, 3.05) is 24.6 Å². The van der Waals surface area contributed by atoms with E-state index in [1.54, 1.807) is 6.20 Å². The van der Waals surface area contributed by atoms with Gasteiger partial charge in [0.15, 0.2) is 0 Å². The van der Waals surface area contributed by atoms with Gasteiger partial charge in [-0.2, -0.15) is 0 Å². The lowest BCUT2D eigenvalue weighted by atomic mass is 9.95. The number of hydrogen-bond acceptors (Lipinski definition) is 4. The molecule has 0 bridgehead atoms. The largest absolute Gasteiger partial charge is 0.480 e. The minimum atomic E-state index is -0.937. The molecule has 104 valence electrons. The summed E-state index contributed by atoms with van der Waals surface area (Å²) in [4.78, 5) is 17.1. The van der Waals surface area contributed by atoms with Crippen LogP contribution in [-0.4, -0.2) is 41.4 Å². The van der Waals surface area contributed by atoms with Crippen LogP contribution in [0.3, 0.4) is 0 Å². The Balaban J connectivity index is 1.77. The monoisotopic (exact) mass is 272 g/mol. The highest BCUT2D eigenvalue weighted by Crippen LogP contribution is 2.33. The minimum Gasteiger partial charge on any atom is -0.480 e. The van der Waals surface area contributed by atoms with Crippen molar-refractivity contribution < 1.29 is 14.6 Å². The third-order valence-corrected chi connectivity index (χ3v) is 3.55. The van der Waals surface area contributed by atoms with Gasteiger partial charge in [0.2, 0.25) is 0 Å². The van der Waals surface area contributed by atoms with Gasteiger partial charge < -0.3 is 14.7 Å². The Bertz CT molecular complexity index is 645. The van der Waals surface area contributed by atoms with Crippen molar-refractivity contribution in [2.45, 2.75) is 12.5 Å². The van der Waals surface area contributed by atoms with Crippen LogP contribution in [0.15, 0.2) is 36.5 Å². The van der Waals surface area contributed by atoms with Crippen LogP contribution in [-0.2, 0) is 9.53 Å². The molecule has 5 nitrogen and oxygen atoms in total. The van der Waals surface area contributed by atoms with Crippen LogP contribution in [0.1, 0.15) is 6.92 Å². The van der Waals surface area contributed by atoms with E-state index in [1.165, 1.54) is 0 Å². The topological polar surface area (TPSA) is 62.7 Å². The zero-order chi connectivity index (χ0) is 14.2. The fourth-order valence-corrected chi connectivity index (χ4v) is 2.59. The number of ether oxygens (including phenoxy) is 1. The summed E-state index contributed by atoms with van der Waals surface area (Å²) in [5, 5.41) is 10.9. The van der Waals surface area contributed by atoms with Gasteiger partial charge in [0.05, 0.1) is 13.1 Å². The highest BCUT2D eigenvalue weighted by Gasteiger charge is 2.41. The van der Waals surface area contributed by atoms with E-state index >= 15 is 0 Å². The van der Waals surface area contributed by atoms with E-state index in [0.717, 1.165) is 16.6 Å². The summed E-state index contributed by atoms with van der Waals surface area (Å²) in [5.41, 5.74) is -0.406. The number of anilines is 1. The average Bonchev–Trinajstić information content (AvgIpc) is 2.41. The second-order valence-electron chi connectivity index (χ2n) is 5.34. The van der Waals surface area contributed by atoms with E-state index in [-0.39, 0.29) is 6.61 Å². The molecule has 0 spiro atoms. The number of pyridine rings is 1. The molecular formula is C15H16N2O3. The fraction of sp³-hybridized carbons (Fsp3) is 0.333. The van der Waals surface area contributed by atoms with E-state index in [4.69, 9.17) is 9.84 Å². The first-order valence-corrected chi connectivity index (χ1v) is 6.52. The van der Waals surface area contributed by atoms with Crippen LogP contribution in [0.25, 0.3) is 10.8 Å². The fourth-order valence-electron chi connectivity index (χ4n) is 2.59. The zero-order valence-corrected chi connectivity index (χ0v) is 11.2. The van der Waals surface area contributed by atoms with E-state index < -0.39 is 11.6 Å². The Morgan fingerprint density at radius 1 is 1.40 bits per heavy atom. The maximum atomic E-state index is 10.6. The second-order valence-corrected chi connectivity index (χ2v) is 5.34. The molecule has 2 aromatic rings. The molecule has 1 fully saturated rings. The summed E-state index contributed by atoms with van der Waals surface area (Å²) in [6, 6.07) is 10.1. The van der Waals surface area contributed by atoms with Gasteiger partial charge in [-0.3, -0.25) is 0 Å². The molecule has 1 N–H and O–H groups in total. The van der Waals surface area contributed by atoms with Gasteiger partial charge in [0.1, 0.15) is 18.0 Å². The molecule has 3 rings (SSSR count).